The Balaban J connectivity index is 1.39. The molecule has 0 spiro atoms. The summed E-state index contributed by atoms with van der Waals surface area (Å²) in [7, 11) is 0. The van der Waals surface area contributed by atoms with Crippen molar-refractivity contribution in [2.75, 3.05) is 37.0 Å². The Labute approximate surface area is 171 Å². The summed E-state index contributed by atoms with van der Waals surface area (Å²) in [6.45, 7) is 3.21. The molecule has 0 N–H and O–H groups in total. The van der Waals surface area contributed by atoms with Gasteiger partial charge in [-0.15, -0.1) is 5.10 Å². The molecular formula is C19H18ClN5O2S. The van der Waals surface area contributed by atoms with E-state index in [1.807, 2.05) is 36.4 Å². The monoisotopic (exact) mass is 415 g/mol. The molecule has 144 valence electrons. The van der Waals surface area contributed by atoms with Crippen LogP contribution in [0, 0.1) is 0 Å². The number of nitrogens with zero attached hydrogens (tertiary/aromatic N) is 5. The second-order valence-corrected chi connectivity index (χ2v) is 7.59. The highest BCUT2D eigenvalue weighted by Gasteiger charge is 2.15. The Hall–Kier alpha value is -2.42. The Morgan fingerprint density at radius 2 is 1.71 bits per heavy atom. The molecule has 0 unspecified atom stereocenters. The normalized spacial score (nSPS) is 14.2. The Bertz CT molecular complexity index is 940. The van der Waals surface area contributed by atoms with Crippen LogP contribution in [0.4, 0.5) is 5.69 Å². The van der Waals surface area contributed by atoms with Gasteiger partial charge in [-0.05, 0) is 59.0 Å². The fourth-order valence-corrected chi connectivity index (χ4v) is 3.82. The van der Waals surface area contributed by atoms with Gasteiger partial charge in [0.2, 0.25) is 5.16 Å². The van der Waals surface area contributed by atoms with Crippen LogP contribution in [0.3, 0.4) is 0 Å². The van der Waals surface area contributed by atoms with Crippen molar-refractivity contribution in [3.8, 4) is 5.69 Å². The van der Waals surface area contributed by atoms with E-state index in [-0.39, 0.29) is 11.5 Å². The lowest BCUT2D eigenvalue weighted by Crippen LogP contribution is -2.36. The van der Waals surface area contributed by atoms with Gasteiger partial charge in [-0.1, -0.05) is 23.4 Å². The molecule has 1 aliphatic heterocycles. The molecule has 0 bridgehead atoms. The molecule has 0 amide bonds. The van der Waals surface area contributed by atoms with Crippen molar-refractivity contribution < 1.29 is 9.53 Å². The number of Topliss-reactive ketones (excluding diaryl/α,β-unsaturated/α-hetero) is 1. The molecule has 1 aliphatic rings. The zero-order chi connectivity index (χ0) is 19.3. The standard InChI is InChI=1S/C19H18ClN5O2S/c20-15-3-7-17(8-4-15)25-19(21-22-23-25)28-13-18(26)14-1-5-16(6-2-14)24-9-11-27-12-10-24/h1-8H,9-13H2. The van der Waals surface area contributed by atoms with Gasteiger partial charge < -0.3 is 9.64 Å². The van der Waals surface area contributed by atoms with E-state index in [4.69, 9.17) is 16.3 Å². The third-order valence-corrected chi connectivity index (χ3v) is 5.58. The zero-order valence-electron chi connectivity index (χ0n) is 15.0. The maximum Gasteiger partial charge on any atom is 0.214 e. The number of rotatable bonds is 6. The van der Waals surface area contributed by atoms with Crippen LogP contribution >= 0.6 is 23.4 Å². The van der Waals surface area contributed by atoms with Gasteiger partial charge in [0.05, 0.1) is 24.7 Å². The zero-order valence-corrected chi connectivity index (χ0v) is 16.6. The number of hydrogen-bond donors (Lipinski definition) is 0. The van der Waals surface area contributed by atoms with Crippen LogP contribution in [0.5, 0.6) is 0 Å². The molecule has 9 heteroatoms. The minimum atomic E-state index is 0.0317. The van der Waals surface area contributed by atoms with E-state index in [1.54, 1.807) is 16.8 Å². The van der Waals surface area contributed by atoms with Crippen LogP contribution in [-0.2, 0) is 4.74 Å². The van der Waals surface area contributed by atoms with Gasteiger partial charge in [0, 0.05) is 29.4 Å². The summed E-state index contributed by atoms with van der Waals surface area (Å²) < 4.78 is 6.97. The summed E-state index contributed by atoms with van der Waals surface area (Å²) in [6.07, 6.45) is 0. The van der Waals surface area contributed by atoms with Crippen LogP contribution in [0.2, 0.25) is 5.02 Å². The first kappa shape index (κ1) is 18.9. The average molecular weight is 416 g/mol. The number of anilines is 1. The molecular weight excluding hydrogens is 398 g/mol. The molecule has 0 atom stereocenters. The van der Waals surface area contributed by atoms with E-state index >= 15 is 0 Å². The fraction of sp³-hybridized carbons (Fsp3) is 0.263. The first-order valence-electron chi connectivity index (χ1n) is 8.84. The number of carbonyl (C=O) groups is 1. The molecule has 3 aromatic rings. The maximum absolute atomic E-state index is 12.6. The number of thioether (sulfide) groups is 1. The van der Waals surface area contributed by atoms with Gasteiger partial charge in [-0.3, -0.25) is 4.79 Å². The molecule has 1 aromatic heterocycles. The summed E-state index contributed by atoms with van der Waals surface area (Å²) in [4.78, 5) is 14.8. The average Bonchev–Trinajstić information content (AvgIpc) is 3.22. The largest absolute Gasteiger partial charge is 0.378 e. The Kier molecular flexibility index (Phi) is 5.90. The molecule has 1 saturated heterocycles. The predicted molar refractivity (Wildman–Crippen MR) is 109 cm³/mol. The number of aromatic nitrogens is 4. The number of tetrazole rings is 1. The highest BCUT2D eigenvalue weighted by molar-refractivity contribution is 7.99. The lowest BCUT2D eigenvalue weighted by Gasteiger charge is -2.28. The summed E-state index contributed by atoms with van der Waals surface area (Å²) in [5.41, 5.74) is 2.58. The van der Waals surface area contributed by atoms with Crippen LogP contribution < -0.4 is 4.90 Å². The number of benzene rings is 2. The van der Waals surface area contributed by atoms with E-state index in [0.29, 0.717) is 15.7 Å². The Morgan fingerprint density at radius 1 is 1.04 bits per heavy atom. The minimum Gasteiger partial charge on any atom is -0.378 e. The minimum absolute atomic E-state index is 0.0317. The molecule has 7 nitrogen and oxygen atoms in total. The van der Waals surface area contributed by atoms with Gasteiger partial charge in [0.25, 0.3) is 0 Å². The number of ketones is 1. The van der Waals surface area contributed by atoms with Crippen molar-refractivity contribution in [1.82, 2.24) is 20.2 Å². The smallest absolute Gasteiger partial charge is 0.214 e. The molecule has 2 aromatic carbocycles. The van der Waals surface area contributed by atoms with E-state index in [1.165, 1.54) is 11.8 Å². The quantitative estimate of drug-likeness (QED) is 0.452. The van der Waals surface area contributed by atoms with E-state index in [2.05, 4.69) is 20.4 Å². The molecule has 28 heavy (non-hydrogen) atoms. The summed E-state index contributed by atoms with van der Waals surface area (Å²) in [5.74, 6) is 0.286. The van der Waals surface area contributed by atoms with Crippen molar-refractivity contribution >= 4 is 34.8 Å². The highest BCUT2D eigenvalue weighted by Crippen LogP contribution is 2.22. The van der Waals surface area contributed by atoms with Crippen molar-refractivity contribution in [2.24, 2.45) is 0 Å². The van der Waals surface area contributed by atoms with Gasteiger partial charge >= 0.3 is 0 Å². The molecule has 4 rings (SSSR count). The predicted octanol–water partition coefficient (Wildman–Crippen LogP) is 3.13. The number of hydrogen-bond acceptors (Lipinski definition) is 7. The number of morpholine rings is 1. The van der Waals surface area contributed by atoms with Gasteiger partial charge in [0.15, 0.2) is 5.78 Å². The van der Waals surface area contributed by atoms with E-state index < -0.39 is 0 Å². The Morgan fingerprint density at radius 3 is 2.43 bits per heavy atom. The third-order valence-electron chi connectivity index (χ3n) is 4.41. The summed E-state index contributed by atoms with van der Waals surface area (Å²) in [5, 5.41) is 12.9. The third kappa shape index (κ3) is 4.35. The first-order chi connectivity index (χ1) is 13.7. The van der Waals surface area contributed by atoms with Crippen LogP contribution in [0.1, 0.15) is 10.4 Å². The maximum atomic E-state index is 12.6. The summed E-state index contributed by atoms with van der Waals surface area (Å²) >= 11 is 7.23. The van der Waals surface area contributed by atoms with Crippen LogP contribution in [0.15, 0.2) is 53.7 Å². The second kappa shape index (κ2) is 8.72. The van der Waals surface area contributed by atoms with Crippen LogP contribution in [-0.4, -0.2) is 58.0 Å². The van der Waals surface area contributed by atoms with E-state index in [0.717, 1.165) is 37.7 Å². The summed E-state index contributed by atoms with van der Waals surface area (Å²) in [6, 6.07) is 14.9. The highest BCUT2D eigenvalue weighted by atomic mass is 35.5. The lowest BCUT2D eigenvalue weighted by molar-refractivity contribution is 0.102. The van der Waals surface area contributed by atoms with Crippen molar-refractivity contribution in [1.29, 1.82) is 0 Å². The molecule has 0 saturated carbocycles. The SMILES string of the molecule is O=C(CSc1nnnn1-c1ccc(Cl)cc1)c1ccc(N2CCOCC2)cc1. The number of carbonyl (C=O) groups excluding carboxylic acids is 1. The molecule has 2 heterocycles. The van der Waals surface area contributed by atoms with Crippen molar-refractivity contribution in [3.63, 3.8) is 0 Å². The first-order valence-corrected chi connectivity index (χ1v) is 10.2. The molecule has 0 radical (unpaired) electrons. The van der Waals surface area contributed by atoms with Crippen LogP contribution in [0.25, 0.3) is 5.69 Å². The van der Waals surface area contributed by atoms with Gasteiger partial charge in [-0.25, -0.2) is 0 Å². The number of ether oxygens (including phenoxy) is 1. The van der Waals surface area contributed by atoms with Crippen molar-refractivity contribution in [3.05, 3.63) is 59.1 Å². The topological polar surface area (TPSA) is 73.1 Å². The van der Waals surface area contributed by atoms with Crippen molar-refractivity contribution in [2.45, 2.75) is 5.16 Å². The lowest BCUT2D eigenvalue weighted by atomic mass is 10.1. The number of halogens is 1. The van der Waals surface area contributed by atoms with Gasteiger partial charge in [-0.2, -0.15) is 4.68 Å². The fourth-order valence-electron chi connectivity index (χ4n) is 2.91. The van der Waals surface area contributed by atoms with E-state index in [9.17, 15) is 4.79 Å². The molecule has 1 fully saturated rings. The molecule has 0 aliphatic carbocycles. The van der Waals surface area contributed by atoms with Gasteiger partial charge in [0.1, 0.15) is 0 Å². The second-order valence-electron chi connectivity index (χ2n) is 6.21.